The van der Waals surface area contributed by atoms with Gasteiger partial charge in [0.05, 0.1) is 16.1 Å². The summed E-state index contributed by atoms with van der Waals surface area (Å²) in [6, 6.07) is 18.5. The average Bonchev–Trinajstić information content (AvgIpc) is 3.51. The van der Waals surface area contributed by atoms with Crippen molar-refractivity contribution in [3.8, 4) is 22.6 Å². The van der Waals surface area contributed by atoms with Gasteiger partial charge < -0.3 is 5.11 Å². The number of carbonyl (C=O) groups is 1. The van der Waals surface area contributed by atoms with E-state index < -0.39 is 0 Å². The number of aliphatic hydroxyl groups excluding tert-OH is 1. The Morgan fingerprint density at radius 2 is 1.45 bits per heavy atom. The quantitative estimate of drug-likeness (QED) is 0.0812. The van der Waals surface area contributed by atoms with Crippen LogP contribution >= 0.6 is 11.3 Å². The molecule has 0 fully saturated rings. The first-order valence-electron chi connectivity index (χ1n) is 18.2. The molecule has 2 aromatic carbocycles. The maximum atomic E-state index is 12.2. The summed E-state index contributed by atoms with van der Waals surface area (Å²) < 4.78 is 1.22. The summed E-state index contributed by atoms with van der Waals surface area (Å²) in [4.78, 5) is 26.1. The van der Waals surface area contributed by atoms with Crippen molar-refractivity contribution in [2.75, 3.05) is 0 Å². The van der Waals surface area contributed by atoms with Crippen LogP contribution in [0.5, 0.6) is 0 Å². The van der Waals surface area contributed by atoms with E-state index >= 15 is 0 Å². The summed E-state index contributed by atoms with van der Waals surface area (Å²) in [5.41, 5.74) is 5.66. The first-order chi connectivity index (χ1) is 23.6. The van der Waals surface area contributed by atoms with Crippen LogP contribution in [0.4, 0.5) is 0 Å². The number of aliphatic hydroxyl groups is 1. The van der Waals surface area contributed by atoms with E-state index in [0.29, 0.717) is 5.92 Å². The molecule has 0 atom stereocenters. The zero-order chi connectivity index (χ0) is 36.9. The third-order valence-electron chi connectivity index (χ3n) is 10.6. The zero-order valence-corrected chi connectivity index (χ0v) is 35.6. The van der Waals surface area contributed by atoms with Gasteiger partial charge in [0.15, 0.2) is 5.78 Å². The van der Waals surface area contributed by atoms with E-state index in [1.165, 1.54) is 32.7 Å². The Kier molecular flexibility index (Phi) is 14.5. The summed E-state index contributed by atoms with van der Waals surface area (Å²) in [5.74, 6) is 0.902. The Morgan fingerprint density at radius 1 is 0.843 bits per heavy atom. The molecule has 0 bridgehead atoms. The molecule has 3 heterocycles. The topological polar surface area (TPSA) is 76.0 Å². The van der Waals surface area contributed by atoms with Gasteiger partial charge >= 0.3 is 0 Å². The van der Waals surface area contributed by atoms with Gasteiger partial charge in [0.1, 0.15) is 12.1 Å². The van der Waals surface area contributed by atoms with E-state index in [2.05, 4.69) is 92.4 Å². The number of thiophene rings is 1. The largest absolute Gasteiger partial charge is 0.512 e. The average molecular weight is 883 g/mol. The van der Waals surface area contributed by atoms with E-state index in [9.17, 15) is 9.90 Å². The van der Waals surface area contributed by atoms with Gasteiger partial charge in [-0.15, -0.1) is 40.5 Å². The van der Waals surface area contributed by atoms with Gasteiger partial charge in [-0.2, -0.15) is 0 Å². The number of hydrogen-bond donors (Lipinski definition) is 1. The van der Waals surface area contributed by atoms with Gasteiger partial charge in [-0.05, 0) is 71.9 Å². The van der Waals surface area contributed by atoms with Crippen LogP contribution in [0.3, 0.4) is 0 Å². The molecule has 0 aliphatic heterocycles. The molecule has 0 saturated heterocycles. The second kappa shape index (κ2) is 17.5. The maximum Gasteiger partial charge on any atom is 0.164 e. The number of pyridine rings is 1. The molecule has 1 N–H and O–H groups in total. The summed E-state index contributed by atoms with van der Waals surface area (Å²) in [6.45, 7) is 23.3. The minimum absolute atomic E-state index is 0. The summed E-state index contributed by atoms with van der Waals surface area (Å²) in [5, 5.41) is 16.0. The molecule has 0 spiro atoms. The van der Waals surface area contributed by atoms with Crippen molar-refractivity contribution in [1.29, 1.82) is 0 Å². The number of aromatic nitrogens is 3. The monoisotopic (exact) mass is 883 g/mol. The van der Waals surface area contributed by atoms with E-state index in [4.69, 9.17) is 4.98 Å². The molecule has 0 amide bonds. The number of benzene rings is 2. The fourth-order valence-electron chi connectivity index (χ4n) is 6.04. The van der Waals surface area contributed by atoms with E-state index in [1.54, 1.807) is 17.7 Å². The molecule has 51 heavy (non-hydrogen) atoms. The standard InChI is InChI=1S/C29H28N3S.C15H28O2.Ir/c1-18(2)10-21-16-33-28-15-30-26(13-23(21)28)27-14-25(31-17-32-27)20-11-19-8-6-7-9-22(19)24(12-20)29(3,4)5;1-7-14(5,8-2)12(16)11-13(17)15(6,9-3)10-4;/h6-9,12-18H,10H2,1-5H3;11,16H,7-10H2,1-6H3;/q-1;;/b;12-11-;. The van der Waals surface area contributed by atoms with Crippen LogP contribution in [0, 0.1) is 22.8 Å². The second-order valence-corrected chi connectivity index (χ2v) is 16.4. The van der Waals surface area contributed by atoms with E-state index in [-0.39, 0.29) is 47.9 Å². The van der Waals surface area contributed by atoms with Gasteiger partial charge in [-0.25, -0.2) is 4.98 Å². The molecular formula is C44H56IrN3O2S-. The van der Waals surface area contributed by atoms with Gasteiger partial charge in [-0.1, -0.05) is 105 Å². The molecule has 0 aliphatic carbocycles. The van der Waals surface area contributed by atoms with Crippen LogP contribution in [0.25, 0.3) is 43.5 Å². The summed E-state index contributed by atoms with van der Waals surface area (Å²) in [6.07, 6.45) is 9.43. The summed E-state index contributed by atoms with van der Waals surface area (Å²) >= 11 is 1.76. The predicted molar refractivity (Wildman–Crippen MR) is 213 cm³/mol. The minimum Gasteiger partial charge on any atom is -0.512 e. The van der Waals surface area contributed by atoms with Crippen LogP contribution in [0.2, 0.25) is 0 Å². The fourth-order valence-corrected chi connectivity index (χ4v) is 6.96. The molecule has 0 aliphatic rings. The number of hydrogen-bond acceptors (Lipinski definition) is 6. The zero-order valence-electron chi connectivity index (χ0n) is 32.4. The van der Waals surface area contributed by atoms with Crippen molar-refractivity contribution in [3.63, 3.8) is 0 Å². The Hall–Kier alpha value is -3.25. The van der Waals surface area contributed by atoms with Gasteiger partial charge in [0.25, 0.3) is 0 Å². The van der Waals surface area contributed by atoms with Crippen molar-refractivity contribution in [1.82, 2.24) is 15.0 Å². The van der Waals surface area contributed by atoms with Crippen molar-refractivity contribution in [2.45, 2.75) is 114 Å². The molecule has 0 saturated carbocycles. The van der Waals surface area contributed by atoms with Crippen LogP contribution in [0.1, 0.15) is 113 Å². The number of carbonyl (C=O) groups excluding carboxylic acids is 1. The Bertz CT molecular complexity index is 1960. The number of fused-ring (bicyclic) bond motifs is 2. The molecule has 0 unspecified atom stereocenters. The van der Waals surface area contributed by atoms with Crippen LogP contribution in [-0.4, -0.2) is 25.8 Å². The second-order valence-electron chi connectivity index (χ2n) is 15.5. The van der Waals surface area contributed by atoms with Crippen LogP contribution in [0.15, 0.2) is 72.2 Å². The smallest absolute Gasteiger partial charge is 0.164 e. The van der Waals surface area contributed by atoms with Crippen molar-refractivity contribution in [2.24, 2.45) is 16.7 Å². The predicted octanol–water partition coefficient (Wildman–Crippen LogP) is 12.5. The first kappa shape index (κ1) is 42.2. The SMILES string of the molecule is CC(C)Cc1csc2cnc(-c3cc(-c4[c-]c5ccccc5c(C(C)(C)C)c4)ncn3)cc12.CCC(C)(CC)C(=O)/C=C(\O)C(C)(CC)CC.[Ir]. The third kappa shape index (κ3) is 9.80. The molecule has 5 aromatic rings. The molecular weight excluding hydrogens is 827 g/mol. The van der Waals surface area contributed by atoms with Crippen molar-refractivity contribution in [3.05, 3.63) is 89.4 Å². The first-order valence-corrected chi connectivity index (χ1v) is 19.1. The molecule has 7 heteroatoms. The molecule has 275 valence electrons. The minimum atomic E-state index is -0.337. The number of rotatable bonds is 11. The van der Waals surface area contributed by atoms with Gasteiger partial charge in [-0.3, -0.25) is 14.8 Å². The molecule has 1 radical (unpaired) electrons. The van der Waals surface area contributed by atoms with Crippen LogP contribution < -0.4 is 0 Å². The fraction of sp³-hybridized carbons (Fsp3) is 0.455. The molecule has 5 nitrogen and oxygen atoms in total. The van der Waals surface area contributed by atoms with E-state index in [1.807, 2.05) is 53.8 Å². The Morgan fingerprint density at radius 3 is 2.06 bits per heavy atom. The number of ketones is 1. The summed E-state index contributed by atoms with van der Waals surface area (Å²) in [7, 11) is 0. The van der Waals surface area contributed by atoms with Crippen molar-refractivity contribution < 1.29 is 30.0 Å². The number of allylic oxidation sites excluding steroid dienone is 2. The number of nitrogens with zero attached hydrogens (tertiary/aromatic N) is 3. The van der Waals surface area contributed by atoms with E-state index in [0.717, 1.165) is 60.1 Å². The van der Waals surface area contributed by atoms with Crippen molar-refractivity contribution >= 4 is 38.0 Å². The molecule has 5 rings (SSSR count). The normalized spacial score (nSPS) is 12.5. The maximum absolute atomic E-state index is 12.2. The molecule has 3 aromatic heterocycles. The van der Waals surface area contributed by atoms with Gasteiger partial charge in [0.2, 0.25) is 0 Å². The Labute approximate surface area is 323 Å². The van der Waals surface area contributed by atoms with Gasteiger partial charge in [0, 0.05) is 48.9 Å². The van der Waals surface area contributed by atoms with Crippen LogP contribution in [-0.2, 0) is 36.7 Å². The third-order valence-corrected chi connectivity index (χ3v) is 11.5. The Balaban J connectivity index is 0.000000335.